The molecule has 47 heavy (non-hydrogen) atoms. The fourth-order valence-electron chi connectivity index (χ4n) is 7.27. The van der Waals surface area contributed by atoms with Gasteiger partial charge in [-0.2, -0.15) is 0 Å². The van der Waals surface area contributed by atoms with Gasteiger partial charge in [-0.1, -0.05) is 131 Å². The predicted octanol–water partition coefficient (Wildman–Crippen LogP) is 6.73. The van der Waals surface area contributed by atoms with Crippen molar-refractivity contribution in [2.24, 2.45) is 0 Å². The summed E-state index contributed by atoms with van der Waals surface area (Å²) >= 11 is 0. The summed E-state index contributed by atoms with van der Waals surface area (Å²) in [6.07, 6.45) is 0.681. The molecular formula is C39H52N2O3SSi2. The maximum absolute atomic E-state index is 14.3. The molecule has 4 aromatic rings. The summed E-state index contributed by atoms with van der Waals surface area (Å²) in [4.78, 5) is 13.9. The molecule has 1 aromatic heterocycles. The van der Waals surface area contributed by atoms with Gasteiger partial charge in [0.1, 0.15) is 11.0 Å². The van der Waals surface area contributed by atoms with E-state index in [4.69, 9.17) is 4.43 Å². The summed E-state index contributed by atoms with van der Waals surface area (Å²) in [6.45, 7) is 21.5. The summed E-state index contributed by atoms with van der Waals surface area (Å²) in [7, 11) is -6.11. The van der Waals surface area contributed by atoms with Crippen molar-refractivity contribution in [1.29, 1.82) is 0 Å². The van der Waals surface area contributed by atoms with Gasteiger partial charge in [-0.25, -0.2) is 8.51 Å². The van der Waals surface area contributed by atoms with Crippen LogP contribution in [0.3, 0.4) is 0 Å². The molecule has 5 nitrogen and oxygen atoms in total. The molecule has 0 N–H and O–H groups in total. The maximum Gasteiger partial charge on any atom is 0.261 e. The zero-order valence-electron chi connectivity index (χ0n) is 29.7. The Balaban J connectivity index is 1.63. The first-order valence-electron chi connectivity index (χ1n) is 16.8. The highest BCUT2D eigenvalue weighted by Gasteiger charge is 2.50. The van der Waals surface area contributed by atoms with Gasteiger partial charge in [0, 0.05) is 24.5 Å². The van der Waals surface area contributed by atoms with Crippen LogP contribution in [0.15, 0.2) is 102 Å². The van der Waals surface area contributed by atoms with Gasteiger partial charge in [0.25, 0.3) is 13.9 Å². The van der Waals surface area contributed by atoms with Crippen molar-refractivity contribution < 1.29 is 8.63 Å². The second-order valence-corrected chi connectivity index (χ2v) is 27.3. The van der Waals surface area contributed by atoms with Crippen molar-refractivity contribution >= 4 is 43.1 Å². The monoisotopic (exact) mass is 684 g/mol. The summed E-state index contributed by atoms with van der Waals surface area (Å²) in [5.74, 6) is 0. The second-order valence-electron chi connectivity index (χ2n) is 15.8. The van der Waals surface area contributed by atoms with E-state index in [-0.39, 0.29) is 16.6 Å². The average molecular weight is 685 g/mol. The molecule has 5 rings (SSSR count). The number of pyridine rings is 1. The molecule has 3 aromatic carbocycles. The van der Waals surface area contributed by atoms with E-state index in [1.54, 1.807) is 0 Å². The zero-order chi connectivity index (χ0) is 34.2. The number of hydrogen-bond donors (Lipinski definition) is 0. The molecule has 0 spiro atoms. The average Bonchev–Trinajstić information content (AvgIpc) is 3.35. The Labute approximate surface area is 286 Å². The van der Waals surface area contributed by atoms with Crippen LogP contribution in [0.2, 0.25) is 24.7 Å². The van der Waals surface area contributed by atoms with Crippen molar-refractivity contribution in [2.75, 3.05) is 6.61 Å². The number of aromatic nitrogens is 1. The first-order chi connectivity index (χ1) is 22.1. The number of nitrogens with zero attached hydrogens (tertiary/aromatic N) is 2. The lowest BCUT2D eigenvalue weighted by molar-refractivity contribution is 0.244. The van der Waals surface area contributed by atoms with Crippen LogP contribution >= 0.6 is 0 Å². The largest absolute Gasteiger partial charge is 0.407 e. The van der Waals surface area contributed by atoms with E-state index in [2.05, 4.69) is 118 Å². The van der Waals surface area contributed by atoms with Gasteiger partial charge < -0.3 is 8.99 Å². The smallest absolute Gasteiger partial charge is 0.261 e. The molecule has 0 aliphatic carbocycles. The predicted molar refractivity (Wildman–Crippen MR) is 204 cm³/mol. The molecule has 1 aliphatic rings. The van der Waals surface area contributed by atoms with Crippen LogP contribution in [-0.2, 0) is 28.5 Å². The topological polar surface area (TPSA) is 51.5 Å². The van der Waals surface area contributed by atoms with Gasteiger partial charge >= 0.3 is 0 Å². The van der Waals surface area contributed by atoms with Crippen molar-refractivity contribution in [1.82, 2.24) is 8.87 Å². The first-order valence-corrected chi connectivity index (χ1v) is 23.3. The highest BCUT2D eigenvalue weighted by atomic mass is 32.2. The van der Waals surface area contributed by atoms with Crippen LogP contribution in [0.1, 0.15) is 70.7 Å². The van der Waals surface area contributed by atoms with Crippen molar-refractivity contribution in [3.63, 3.8) is 0 Å². The fourth-order valence-corrected chi connectivity index (χ4v) is 15.4. The highest BCUT2D eigenvalue weighted by molar-refractivity contribution is 7.84. The third-order valence-corrected chi connectivity index (χ3v) is 18.1. The Bertz CT molecular complexity index is 1720. The molecule has 2 heterocycles. The number of benzene rings is 3. The van der Waals surface area contributed by atoms with E-state index < -0.39 is 32.1 Å². The minimum absolute atomic E-state index is 0.0238. The Morgan fingerprint density at radius 1 is 0.809 bits per heavy atom. The number of fused-ring (bicyclic) bond motifs is 1. The molecule has 0 fully saturated rings. The van der Waals surface area contributed by atoms with Crippen LogP contribution in [0.5, 0.6) is 0 Å². The SMILES string of the molecule is CC(C)(C)[S@@](=O)N1Cc2cc(=O)n(Cc3ccccc3)c([Si](C)(C)C)c2[C@H]1CCO[Si](c1ccccc1)(c1ccccc1)C(C)(C)C. The highest BCUT2D eigenvalue weighted by Crippen LogP contribution is 2.41. The summed E-state index contributed by atoms with van der Waals surface area (Å²) in [6, 6.07) is 33.4. The van der Waals surface area contributed by atoms with Crippen LogP contribution < -0.4 is 21.2 Å². The molecule has 0 amide bonds. The third-order valence-electron chi connectivity index (χ3n) is 9.20. The molecule has 8 heteroatoms. The van der Waals surface area contributed by atoms with Crippen molar-refractivity contribution in [3.05, 3.63) is 124 Å². The zero-order valence-corrected chi connectivity index (χ0v) is 32.5. The summed E-state index contributed by atoms with van der Waals surface area (Å²) in [5, 5.41) is 3.52. The summed E-state index contributed by atoms with van der Waals surface area (Å²) < 4.78 is 25.4. The fraction of sp³-hybridized carbons (Fsp3) is 0.410. The van der Waals surface area contributed by atoms with Crippen LogP contribution in [0, 0.1) is 0 Å². The molecule has 0 saturated heterocycles. The molecule has 1 aliphatic heterocycles. The van der Waals surface area contributed by atoms with E-state index in [1.807, 2.05) is 49.6 Å². The molecular weight excluding hydrogens is 633 g/mol. The molecule has 0 radical (unpaired) electrons. The Kier molecular flexibility index (Phi) is 10.2. The van der Waals surface area contributed by atoms with Gasteiger partial charge in [0.15, 0.2) is 0 Å². The lowest BCUT2D eigenvalue weighted by Gasteiger charge is -2.43. The molecule has 0 unspecified atom stereocenters. The Morgan fingerprint density at radius 3 is 1.79 bits per heavy atom. The van der Waals surface area contributed by atoms with Gasteiger partial charge in [0.2, 0.25) is 0 Å². The lowest BCUT2D eigenvalue weighted by atomic mass is 10.0. The van der Waals surface area contributed by atoms with E-state index in [1.165, 1.54) is 15.9 Å². The lowest BCUT2D eigenvalue weighted by Crippen LogP contribution is -2.66. The van der Waals surface area contributed by atoms with Crippen LogP contribution in [-0.4, -0.2) is 40.8 Å². The van der Waals surface area contributed by atoms with Gasteiger partial charge in [-0.3, -0.25) is 4.79 Å². The van der Waals surface area contributed by atoms with E-state index in [9.17, 15) is 9.00 Å². The van der Waals surface area contributed by atoms with E-state index >= 15 is 0 Å². The Hall–Kier alpha value is -2.89. The third kappa shape index (κ3) is 7.13. The molecule has 0 bridgehead atoms. The van der Waals surface area contributed by atoms with Gasteiger partial charge in [-0.15, -0.1) is 0 Å². The van der Waals surface area contributed by atoms with E-state index in [0.29, 0.717) is 26.1 Å². The molecule has 2 atom stereocenters. The standard InChI is InChI=1S/C39H52N2O3SSi2/c1-38(2,3)45(43)41-29-31-27-35(42)40(28-30-19-13-10-14-20-30)37(46(7,8)9)36(31)34(41)25-26-44-47(39(4,5)6,32-21-15-11-16-22-32)33-23-17-12-18-24-33/h10-24,27,34H,25-26,28-29H2,1-9H3/t34-,45-/m1/s1. The first kappa shape index (κ1) is 35.4. The number of rotatable bonds is 10. The quantitative estimate of drug-likeness (QED) is 0.174. The number of hydrogen-bond acceptors (Lipinski definition) is 3. The van der Waals surface area contributed by atoms with Crippen LogP contribution in [0.4, 0.5) is 0 Å². The van der Waals surface area contributed by atoms with Crippen molar-refractivity contribution in [2.45, 2.75) is 96.5 Å². The van der Waals surface area contributed by atoms with E-state index in [0.717, 1.165) is 16.4 Å². The normalized spacial score (nSPS) is 16.7. The molecule has 0 saturated carbocycles. The van der Waals surface area contributed by atoms with Crippen molar-refractivity contribution in [3.8, 4) is 0 Å². The minimum atomic E-state index is -2.76. The van der Waals surface area contributed by atoms with Gasteiger partial charge in [-0.05, 0) is 59.3 Å². The Morgan fingerprint density at radius 2 is 1.32 bits per heavy atom. The minimum Gasteiger partial charge on any atom is -0.407 e. The maximum atomic E-state index is 14.3. The molecule has 250 valence electrons. The second kappa shape index (κ2) is 13.6. The summed E-state index contributed by atoms with van der Waals surface area (Å²) in [5.41, 5.74) is 3.34. The van der Waals surface area contributed by atoms with Gasteiger partial charge in [0.05, 0.1) is 25.4 Å². The van der Waals surface area contributed by atoms with Crippen LogP contribution in [0.25, 0.3) is 0 Å².